The fourth-order valence-corrected chi connectivity index (χ4v) is 2.30. The van der Waals surface area contributed by atoms with Crippen LogP contribution in [0.15, 0.2) is 35.2 Å². The van der Waals surface area contributed by atoms with Crippen LogP contribution in [0, 0.1) is 0 Å². The summed E-state index contributed by atoms with van der Waals surface area (Å²) in [5.41, 5.74) is -1.46. The van der Waals surface area contributed by atoms with Crippen molar-refractivity contribution in [2.24, 2.45) is 0 Å². The molecule has 0 saturated heterocycles. The first kappa shape index (κ1) is 15.9. The minimum absolute atomic E-state index is 0.171. The highest BCUT2D eigenvalue weighted by atomic mass is 35.6. The van der Waals surface area contributed by atoms with Crippen molar-refractivity contribution >= 4 is 61.5 Å². The zero-order valence-corrected chi connectivity index (χ0v) is 12.4. The lowest BCUT2D eigenvalue weighted by atomic mass is 10.4. The molecule has 1 aromatic carbocycles. The SMILES string of the molecule is O=C(NC(Cl)C(Cl)(Cl)Cl)S(=O)(=O)c1ccccc1. The second kappa shape index (κ2) is 5.84. The van der Waals surface area contributed by atoms with E-state index in [4.69, 9.17) is 46.4 Å². The second-order valence-corrected chi connectivity index (χ2v) is 7.81. The molecule has 0 saturated carbocycles. The Labute approximate surface area is 124 Å². The number of nitrogens with one attached hydrogen (secondary N) is 1. The molecular formula is C9H7Cl4NO3S. The Hall–Kier alpha value is -0.200. The zero-order valence-electron chi connectivity index (χ0n) is 8.61. The number of sulfone groups is 1. The zero-order chi connectivity index (χ0) is 14.0. The molecule has 0 spiro atoms. The van der Waals surface area contributed by atoms with E-state index in [0.717, 1.165) is 0 Å². The largest absolute Gasteiger partial charge is 0.342 e. The van der Waals surface area contributed by atoms with E-state index in [0.29, 0.717) is 0 Å². The van der Waals surface area contributed by atoms with Crippen molar-refractivity contribution in [3.8, 4) is 0 Å². The van der Waals surface area contributed by atoms with Gasteiger partial charge in [-0.1, -0.05) is 64.6 Å². The molecule has 0 aromatic heterocycles. The summed E-state index contributed by atoms with van der Waals surface area (Å²) >= 11 is 21.8. The maximum absolute atomic E-state index is 11.8. The molecule has 18 heavy (non-hydrogen) atoms. The van der Waals surface area contributed by atoms with Crippen molar-refractivity contribution < 1.29 is 13.2 Å². The Kier molecular flexibility index (Phi) is 5.14. The third kappa shape index (κ3) is 3.90. The van der Waals surface area contributed by atoms with Gasteiger partial charge in [0.05, 0.1) is 4.90 Å². The summed E-state index contributed by atoms with van der Waals surface area (Å²) in [5, 5.41) is 0.568. The van der Waals surface area contributed by atoms with Gasteiger partial charge in [0.1, 0.15) is 0 Å². The minimum Gasteiger partial charge on any atom is -0.322 e. The molecule has 0 fully saturated rings. The van der Waals surface area contributed by atoms with Crippen LogP contribution in [-0.4, -0.2) is 23.0 Å². The van der Waals surface area contributed by atoms with Gasteiger partial charge >= 0.3 is 5.24 Å². The molecule has 4 nitrogen and oxygen atoms in total. The molecule has 1 aromatic rings. The van der Waals surface area contributed by atoms with E-state index in [2.05, 4.69) is 0 Å². The monoisotopic (exact) mass is 349 g/mol. The molecule has 1 N–H and O–H groups in total. The summed E-state index contributed by atoms with van der Waals surface area (Å²) in [6.45, 7) is 0. The number of amides is 1. The van der Waals surface area contributed by atoms with Gasteiger partial charge in [0.2, 0.25) is 3.79 Å². The molecule has 9 heteroatoms. The fourth-order valence-electron chi connectivity index (χ4n) is 0.970. The average molecular weight is 351 g/mol. The lowest BCUT2D eigenvalue weighted by molar-refractivity contribution is 0.257. The summed E-state index contributed by atoms with van der Waals surface area (Å²) in [7, 11) is -4.20. The van der Waals surface area contributed by atoms with E-state index < -0.39 is 24.4 Å². The topological polar surface area (TPSA) is 63.2 Å². The Morgan fingerprint density at radius 2 is 1.67 bits per heavy atom. The number of alkyl halides is 4. The van der Waals surface area contributed by atoms with Gasteiger partial charge in [0.25, 0.3) is 9.84 Å². The summed E-state index contributed by atoms with van der Waals surface area (Å²) in [6, 6.07) is 7.12. The molecule has 0 aliphatic heterocycles. The number of benzene rings is 1. The van der Waals surface area contributed by atoms with Crippen LogP contribution in [-0.2, 0) is 9.84 Å². The maximum atomic E-state index is 11.8. The van der Waals surface area contributed by atoms with Gasteiger partial charge in [-0.3, -0.25) is 4.79 Å². The lowest BCUT2D eigenvalue weighted by Gasteiger charge is -2.18. The third-order valence-electron chi connectivity index (χ3n) is 1.83. The molecule has 100 valence electrons. The van der Waals surface area contributed by atoms with Crippen LogP contribution in [0.1, 0.15) is 0 Å². The molecule has 1 amide bonds. The summed E-state index contributed by atoms with van der Waals surface area (Å²) < 4.78 is 21.6. The number of carbonyl (C=O) groups excluding carboxylic acids is 1. The van der Waals surface area contributed by atoms with E-state index in [1.165, 1.54) is 24.3 Å². The van der Waals surface area contributed by atoms with Gasteiger partial charge in [-0.15, -0.1) is 0 Å². The van der Waals surface area contributed by atoms with Crippen molar-refractivity contribution in [2.45, 2.75) is 14.2 Å². The highest BCUT2D eigenvalue weighted by Gasteiger charge is 2.35. The van der Waals surface area contributed by atoms with Gasteiger partial charge in [-0.05, 0) is 12.1 Å². The lowest BCUT2D eigenvalue weighted by Crippen LogP contribution is -2.42. The van der Waals surface area contributed by atoms with Gasteiger partial charge in [-0.25, -0.2) is 8.42 Å². The van der Waals surface area contributed by atoms with Crippen LogP contribution in [0.2, 0.25) is 0 Å². The molecule has 1 rings (SSSR count). The van der Waals surface area contributed by atoms with Crippen molar-refractivity contribution in [3.05, 3.63) is 30.3 Å². The molecular weight excluding hydrogens is 344 g/mol. The van der Waals surface area contributed by atoms with Crippen LogP contribution in [0.3, 0.4) is 0 Å². The fraction of sp³-hybridized carbons (Fsp3) is 0.222. The predicted molar refractivity (Wildman–Crippen MR) is 72.1 cm³/mol. The molecule has 0 bridgehead atoms. The van der Waals surface area contributed by atoms with Gasteiger partial charge in [-0.2, -0.15) is 0 Å². The van der Waals surface area contributed by atoms with Crippen LogP contribution in [0.5, 0.6) is 0 Å². The highest BCUT2D eigenvalue weighted by Crippen LogP contribution is 2.32. The Morgan fingerprint density at radius 1 is 1.17 bits per heavy atom. The molecule has 1 atom stereocenters. The van der Waals surface area contributed by atoms with Gasteiger partial charge < -0.3 is 5.32 Å². The highest BCUT2D eigenvalue weighted by molar-refractivity contribution is 8.06. The maximum Gasteiger partial charge on any atom is 0.342 e. The van der Waals surface area contributed by atoms with Crippen LogP contribution in [0.25, 0.3) is 0 Å². The number of carbonyl (C=O) groups is 1. The van der Waals surface area contributed by atoms with E-state index in [1.807, 2.05) is 5.32 Å². The van der Waals surface area contributed by atoms with Gasteiger partial charge in [0.15, 0.2) is 5.50 Å². The molecule has 0 aliphatic rings. The standard InChI is InChI=1S/C9H7Cl4NO3S/c10-7(9(11,12)13)14-8(15)18(16,17)6-4-2-1-3-5-6/h1-5,7H,(H,14,15). The van der Waals surface area contributed by atoms with Crippen LogP contribution >= 0.6 is 46.4 Å². The molecule has 0 heterocycles. The summed E-state index contributed by atoms with van der Waals surface area (Å²) in [6.07, 6.45) is 0. The smallest absolute Gasteiger partial charge is 0.322 e. The van der Waals surface area contributed by atoms with E-state index >= 15 is 0 Å². The van der Waals surface area contributed by atoms with Crippen LogP contribution in [0.4, 0.5) is 4.79 Å². The van der Waals surface area contributed by atoms with Crippen molar-refractivity contribution in [1.82, 2.24) is 5.32 Å². The second-order valence-electron chi connectivity index (χ2n) is 3.15. The summed E-state index contributed by atoms with van der Waals surface area (Å²) in [5.74, 6) is 0. The van der Waals surface area contributed by atoms with E-state index in [9.17, 15) is 13.2 Å². The minimum atomic E-state index is -4.20. The molecule has 0 aliphatic carbocycles. The normalized spacial score (nSPS) is 14.0. The van der Waals surface area contributed by atoms with Crippen molar-refractivity contribution in [2.75, 3.05) is 0 Å². The number of halogens is 4. The van der Waals surface area contributed by atoms with Crippen LogP contribution < -0.4 is 5.32 Å². The average Bonchev–Trinajstić information content (AvgIpc) is 2.28. The molecule has 0 radical (unpaired) electrons. The number of hydrogen-bond acceptors (Lipinski definition) is 3. The van der Waals surface area contributed by atoms with Crippen molar-refractivity contribution in [1.29, 1.82) is 0 Å². The van der Waals surface area contributed by atoms with E-state index in [-0.39, 0.29) is 4.90 Å². The Morgan fingerprint density at radius 3 is 2.11 bits per heavy atom. The van der Waals surface area contributed by atoms with Crippen molar-refractivity contribution in [3.63, 3.8) is 0 Å². The first-order valence-electron chi connectivity index (χ1n) is 4.47. The summed E-state index contributed by atoms with van der Waals surface area (Å²) in [4.78, 5) is 11.4. The quantitative estimate of drug-likeness (QED) is 0.658. The van der Waals surface area contributed by atoms with E-state index in [1.54, 1.807) is 6.07 Å². The number of hydrogen-bond donors (Lipinski definition) is 1. The molecule has 1 unspecified atom stereocenters. The predicted octanol–water partition coefficient (Wildman–Crippen LogP) is 3.11. The Bertz CT molecular complexity index is 526. The first-order chi connectivity index (χ1) is 8.15. The Balaban J connectivity index is 2.92. The third-order valence-corrected chi connectivity index (χ3v) is 4.75. The van der Waals surface area contributed by atoms with Gasteiger partial charge in [0, 0.05) is 0 Å². The first-order valence-corrected chi connectivity index (χ1v) is 7.52. The number of rotatable bonds is 2.